The van der Waals surface area contributed by atoms with Gasteiger partial charge in [-0.25, -0.2) is 0 Å². The van der Waals surface area contributed by atoms with Gasteiger partial charge in [0.05, 0.1) is 7.11 Å². The van der Waals surface area contributed by atoms with Crippen molar-refractivity contribution in [2.75, 3.05) is 20.2 Å². The molecule has 0 radical (unpaired) electrons. The first-order chi connectivity index (χ1) is 12.1. The molecule has 1 saturated heterocycles. The minimum absolute atomic E-state index is 0.0182. The Bertz CT molecular complexity index is 762. The molecule has 0 aliphatic carbocycles. The van der Waals surface area contributed by atoms with Gasteiger partial charge in [0.2, 0.25) is 0 Å². The number of carbonyl (C=O) groups excluding carboxylic acids is 1. The molecule has 1 heterocycles. The second-order valence-electron chi connectivity index (χ2n) is 6.45. The van der Waals surface area contributed by atoms with Gasteiger partial charge in [-0.15, -0.1) is 0 Å². The topological polar surface area (TPSA) is 49.8 Å². The fourth-order valence-corrected chi connectivity index (χ4v) is 3.59. The molecule has 0 spiro atoms. The number of hydrogen-bond donors (Lipinski definition) is 1. The highest BCUT2D eigenvalue weighted by atomic mass is 35.5. The van der Waals surface area contributed by atoms with Gasteiger partial charge in [0.1, 0.15) is 11.5 Å². The van der Waals surface area contributed by atoms with Crippen LogP contribution in [0.4, 0.5) is 0 Å². The van der Waals surface area contributed by atoms with Gasteiger partial charge in [-0.3, -0.25) is 9.69 Å². The van der Waals surface area contributed by atoms with E-state index < -0.39 is 0 Å². The van der Waals surface area contributed by atoms with Gasteiger partial charge in [-0.1, -0.05) is 29.8 Å². The molecule has 1 atom stereocenters. The first-order valence-corrected chi connectivity index (χ1v) is 8.82. The summed E-state index contributed by atoms with van der Waals surface area (Å²) in [5.74, 6) is 0.997. The summed E-state index contributed by atoms with van der Waals surface area (Å²) in [7, 11) is 1.60. The van der Waals surface area contributed by atoms with Gasteiger partial charge in [-0.05, 0) is 37.6 Å². The summed E-state index contributed by atoms with van der Waals surface area (Å²) >= 11 is 6.01. The highest BCUT2D eigenvalue weighted by Gasteiger charge is 2.27. The SMILES string of the molecule is COc1cc(O)ccc1CN1CCC[C@H](C(=O)c2cccc(Cl)c2)C1. The predicted molar refractivity (Wildman–Crippen MR) is 98.4 cm³/mol. The quantitative estimate of drug-likeness (QED) is 0.815. The fourth-order valence-electron chi connectivity index (χ4n) is 3.40. The predicted octanol–water partition coefficient (Wildman–Crippen LogP) is 4.15. The molecule has 0 aromatic heterocycles. The van der Waals surface area contributed by atoms with Gasteiger partial charge in [0.25, 0.3) is 0 Å². The highest BCUT2D eigenvalue weighted by molar-refractivity contribution is 6.31. The van der Waals surface area contributed by atoms with E-state index in [1.807, 2.05) is 18.2 Å². The largest absolute Gasteiger partial charge is 0.508 e. The second-order valence-corrected chi connectivity index (χ2v) is 6.88. The van der Waals surface area contributed by atoms with Crippen molar-refractivity contribution in [1.29, 1.82) is 0 Å². The van der Waals surface area contributed by atoms with Gasteiger partial charge >= 0.3 is 0 Å². The Morgan fingerprint density at radius 1 is 1.32 bits per heavy atom. The Balaban J connectivity index is 1.70. The number of hydrogen-bond acceptors (Lipinski definition) is 4. The molecule has 0 unspecified atom stereocenters. The van der Waals surface area contributed by atoms with Crippen molar-refractivity contribution in [3.63, 3.8) is 0 Å². The molecule has 25 heavy (non-hydrogen) atoms. The number of piperidine rings is 1. The summed E-state index contributed by atoms with van der Waals surface area (Å²) in [6, 6.07) is 12.3. The lowest BCUT2D eigenvalue weighted by Crippen LogP contribution is -2.38. The number of nitrogens with zero attached hydrogens (tertiary/aromatic N) is 1. The third kappa shape index (κ3) is 4.33. The minimum Gasteiger partial charge on any atom is -0.508 e. The molecule has 0 amide bonds. The molecule has 3 rings (SSSR count). The van der Waals surface area contributed by atoms with Crippen LogP contribution in [-0.2, 0) is 6.54 Å². The van der Waals surface area contributed by atoms with Crippen LogP contribution in [-0.4, -0.2) is 36.0 Å². The molecule has 0 bridgehead atoms. The van der Waals surface area contributed by atoms with E-state index >= 15 is 0 Å². The molecular formula is C20H22ClNO3. The van der Waals surface area contributed by atoms with E-state index in [9.17, 15) is 9.90 Å². The number of likely N-dealkylation sites (tertiary alicyclic amines) is 1. The second kappa shape index (κ2) is 7.89. The number of rotatable bonds is 5. The van der Waals surface area contributed by atoms with E-state index in [4.69, 9.17) is 16.3 Å². The Morgan fingerprint density at radius 3 is 2.92 bits per heavy atom. The number of carbonyl (C=O) groups is 1. The van der Waals surface area contributed by atoms with Gasteiger partial charge < -0.3 is 9.84 Å². The van der Waals surface area contributed by atoms with E-state index in [2.05, 4.69) is 4.90 Å². The van der Waals surface area contributed by atoms with Crippen molar-refractivity contribution in [1.82, 2.24) is 4.90 Å². The van der Waals surface area contributed by atoms with Crippen molar-refractivity contribution < 1.29 is 14.6 Å². The van der Waals surface area contributed by atoms with E-state index in [0.29, 0.717) is 22.9 Å². The van der Waals surface area contributed by atoms with Crippen LogP contribution in [0, 0.1) is 5.92 Å². The fraction of sp³-hybridized carbons (Fsp3) is 0.350. The lowest BCUT2D eigenvalue weighted by Gasteiger charge is -2.32. The molecule has 5 heteroatoms. The standard InChI is InChI=1S/C20H22ClNO3/c1-25-19-11-18(23)8-7-15(19)12-22-9-3-5-16(13-22)20(24)14-4-2-6-17(21)10-14/h2,4,6-8,10-11,16,23H,3,5,9,12-13H2,1H3/t16-/m0/s1. The van der Waals surface area contributed by atoms with Gasteiger partial charge in [0, 0.05) is 41.2 Å². The number of phenols is 1. The molecule has 1 aliphatic heterocycles. The summed E-state index contributed by atoms with van der Waals surface area (Å²) in [4.78, 5) is 15.0. The molecule has 1 aliphatic rings. The molecule has 2 aromatic carbocycles. The Labute approximate surface area is 153 Å². The van der Waals surface area contributed by atoms with Gasteiger partial charge in [-0.2, -0.15) is 0 Å². The van der Waals surface area contributed by atoms with Crippen LogP contribution in [0.1, 0.15) is 28.8 Å². The summed E-state index contributed by atoms with van der Waals surface area (Å²) in [5.41, 5.74) is 1.69. The Kier molecular flexibility index (Phi) is 5.61. The number of methoxy groups -OCH3 is 1. The molecular weight excluding hydrogens is 338 g/mol. The third-order valence-electron chi connectivity index (χ3n) is 4.65. The average Bonchev–Trinajstić information content (AvgIpc) is 2.63. The summed E-state index contributed by atoms with van der Waals surface area (Å²) < 4.78 is 5.36. The molecule has 132 valence electrons. The monoisotopic (exact) mass is 359 g/mol. The zero-order chi connectivity index (χ0) is 17.8. The first-order valence-electron chi connectivity index (χ1n) is 8.45. The van der Waals surface area contributed by atoms with E-state index in [-0.39, 0.29) is 17.5 Å². The summed E-state index contributed by atoms with van der Waals surface area (Å²) in [6.07, 6.45) is 1.88. The molecule has 0 saturated carbocycles. The van der Waals surface area contributed by atoms with Crippen LogP contribution in [0.5, 0.6) is 11.5 Å². The zero-order valence-corrected chi connectivity index (χ0v) is 15.0. The van der Waals surface area contributed by atoms with Crippen LogP contribution in [0.15, 0.2) is 42.5 Å². The number of phenolic OH excluding ortho intramolecular Hbond substituents is 1. The summed E-state index contributed by atoms with van der Waals surface area (Å²) in [5, 5.41) is 10.2. The van der Waals surface area contributed by atoms with Crippen LogP contribution in [0.2, 0.25) is 5.02 Å². The normalized spacial score (nSPS) is 18.1. The lowest BCUT2D eigenvalue weighted by molar-refractivity contribution is 0.0811. The van der Waals surface area contributed by atoms with Crippen molar-refractivity contribution in [3.05, 3.63) is 58.6 Å². The highest BCUT2D eigenvalue weighted by Crippen LogP contribution is 2.28. The number of ether oxygens (including phenoxy) is 1. The first kappa shape index (κ1) is 17.8. The van der Waals surface area contributed by atoms with E-state index in [0.717, 1.165) is 31.5 Å². The number of halogens is 1. The minimum atomic E-state index is -0.0182. The molecule has 1 fully saturated rings. The molecule has 4 nitrogen and oxygen atoms in total. The Hall–Kier alpha value is -2.04. The maximum absolute atomic E-state index is 12.8. The Morgan fingerprint density at radius 2 is 2.16 bits per heavy atom. The lowest BCUT2D eigenvalue weighted by atomic mass is 9.90. The maximum atomic E-state index is 12.8. The van der Waals surface area contributed by atoms with Crippen molar-refractivity contribution in [2.24, 2.45) is 5.92 Å². The van der Waals surface area contributed by atoms with Crippen LogP contribution < -0.4 is 4.74 Å². The smallest absolute Gasteiger partial charge is 0.167 e. The van der Waals surface area contributed by atoms with Crippen LogP contribution in [0.3, 0.4) is 0 Å². The maximum Gasteiger partial charge on any atom is 0.167 e. The van der Waals surface area contributed by atoms with Crippen molar-refractivity contribution >= 4 is 17.4 Å². The number of benzene rings is 2. The molecule has 1 N–H and O–H groups in total. The molecule has 2 aromatic rings. The zero-order valence-electron chi connectivity index (χ0n) is 14.2. The van der Waals surface area contributed by atoms with Crippen LogP contribution in [0.25, 0.3) is 0 Å². The van der Waals surface area contributed by atoms with E-state index in [1.165, 1.54) is 0 Å². The van der Waals surface area contributed by atoms with Crippen LogP contribution >= 0.6 is 11.6 Å². The van der Waals surface area contributed by atoms with E-state index in [1.54, 1.807) is 31.4 Å². The third-order valence-corrected chi connectivity index (χ3v) is 4.89. The summed E-state index contributed by atoms with van der Waals surface area (Å²) in [6.45, 7) is 2.36. The van der Waals surface area contributed by atoms with Crippen molar-refractivity contribution in [3.8, 4) is 11.5 Å². The average molecular weight is 360 g/mol. The number of Topliss-reactive ketones (excluding diaryl/α,β-unsaturated/α-hetero) is 1. The van der Waals surface area contributed by atoms with Crippen molar-refractivity contribution in [2.45, 2.75) is 19.4 Å². The number of ketones is 1. The number of aromatic hydroxyl groups is 1. The van der Waals surface area contributed by atoms with Gasteiger partial charge in [0.15, 0.2) is 5.78 Å².